The van der Waals surface area contributed by atoms with Crippen LogP contribution >= 0.6 is 0 Å². The van der Waals surface area contributed by atoms with Crippen LogP contribution in [0.5, 0.6) is 0 Å². The number of quaternary nitrogens is 2. The van der Waals surface area contributed by atoms with E-state index in [9.17, 15) is 26.3 Å². The molecule has 0 N–H and O–H groups in total. The summed E-state index contributed by atoms with van der Waals surface area (Å²) in [6.07, 6.45) is 11.7. The first-order chi connectivity index (χ1) is 22.4. The lowest BCUT2D eigenvalue weighted by atomic mass is 10.1. The number of nitrogens with zero attached hydrogens (tertiary/aromatic N) is 2. The second-order valence-electron chi connectivity index (χ2n) is 12.9. The number of halogens is 6. The molecule has 0 aromatic carbocycles. The number of carboxylic acids is 2. The Morgan fingerprint density at radius 3 is 0.542 bits per heavy atom. The molecule has 0 spiro atoms. The van der Waals surface area contributed by atoms with E-state index in [0.717, 1.165) is 0 Å². The summed E-state index contributed by atoms with van der Waals surface area (Å²) in [6.45, 7) is 30.0. The minimum atomic E-state index is -5.19. The van der Waals surface area contributed by atoms with Crippen molar-refractivity contribution in [3.8, 4) is 0 Å². The number of unbranched alkanes of at least 4 members (excludes halogenated alkanes) is 8. The van der Waals surface area contributed by atoms with Gasteiger partial charge in [0.05, 0.1) is 52.4 Å². The van der Waals surface area contributed by atoms with Gasteiger partial charge in [0.1, 0.15) is 11.9 Å². The number of carboxylic acid groups (broad SMARTS) is 2. The molecule has 0 unspecified atom stereocenters. The fraction of sp³-hybridized carbons (Fsp3) is 0.944. The van der Waals surface area contributed by atoms with Gasteiger partial charge in [0.25, 0.3) is 0 Å². The third-order valence-electron chi connectivity index (χ3n) is 8.35. The van der Waals surface area contributed by atoms with E-state index in [-0.39, 0.29) is 0 Å². The predicted molar refractivity (Wildman–Crippen MR) is 181 cm³/mol. The van der Waals surface area contributed by atoms with Gasteiger partial charge in [0.15, 0.2) is 0 Å². The van der Waals surface area contributed by atoms with Gasteiger partial charge in [-0.15, -0.1) is 0 Å². The number of rotatable bonds is 24. The molecule has 0 saturated carbocycles. The zero-order valence-corrected chi connectivity index (χ0v) is 31.8. The van der Waals surface area contributed by atoms with E-state index in [2.05, 4.69) is 55.4 Å². The number of hydrogen-bond acceptors (Lipinski definition) is 4. The van der Waals surface area contributed by atoms with Gasteiger partial charge in [-0.3, -0.25) is 0 Å². The van der Waals surface area contributed by atoms with Gasteiger partial charge < -0.3 is 28.8 Å². The van der Waals surface area contributed by atoms with E-state index in [0.29, 0.717) is 0 Å². The van der Waals surface area contributed by atoms with Gasteiger partial charge in [0.2, 0.25) is 0 Å². The molecule has 12 heteroatoms. The summed E-state index contributed by atoms with van der Waals surface area (Å²) in [5, 5.41) is 17.6. The Morgan fingerprint density at radius 2 is 0.479 bits per heavy atom. The Bertz CT molecular complexity index is 599. The first kappa shape index (κ1) is 53.2. The van der Waals surface area contributed by atoms with Crippen molar-refractivity contribution in [1.82, 2.24) is 0 Å². The highest BCUT2D eigenvalue weighted by Crippen LogP contribution is 2.18. The van der Waals surface area contributed by atoms with Crippen molar-refractivity contribution < 1.29 is 55.1 Å². The summed E-state index contributed by atoms with van der Waals surface area (Å²) < 4.78 is 65.9. The quantitative estimate of drug-likeness (QED) is 0.0743. The molecule has 0 rings (SSSR count). The van der Waals surface area contributed by atoms with Crippen molar-refractivity contribution in [3.05, 3.63) is 0 Å². The largest absolute Gasteiger partial charge is 0.542 e. The summed E-state index contributed by atoms with van der Waals surface area (Å²) in [5.74, 6) is -6.01. The lowest BCUT2D eigenvalue weighted by Crippen LogP contribution is -2.50. The van der Waals surface area contributed by atoms with Crippen molar-refractivity contribution >= 4 is 11.9 Å². The third kappa shape index (κ3) is 33.0. The summed E-state index contributed by atoms with van der Waals surface area (Å²) in [4.78, 5) is 17.6. The fourth-order valence-corrected chi connectivity index (χ4v) is 5.29. The molecule has 0 heterocycles. The molecule has 0 atom stereocenters. The summed E-state index contributed by atoms with van der Waals surface area (Å²) in [7, 11) is 0. The average Bonchev–Trinajstić information content (AvgIpc) is 3.03. The number of hydrogen-bond donors (Lipinski definition) is 0. The van der Waals surface area contributed by atoms with Gasteiger partial charge in [-0.1, -0.05) is 107 Å². The topological polar surface area (TPSA) is 80.3 Å². The van der Waals surface area contributed by atoms with E-state index < -0.39 is 24.3 Å². The van der Waals surface area contributed by atoms with Crippen molar-refractivity contribution in [1.29, 1.82) is 0 Å². The molecule has 0 radical (unpaired) electrons. The molecule has 0 aliphatic heterocycles. The van der Waals surface area contributed by atoms with Gasteiger partial charge >= 0.3 is 12.4 Å². The number of alkyl halides is 6. The Labute approximate surface area is 289 Å². The average molecular weight is 711 g/mol. The van der Waals surface area contributed by atoms with E-state index in [1.807, 2.05) is 0 Å². The monoisotopic (exact) mass is 711 g/mol. The highest BCUT2D eigenvalue weighted by Gasteiger charge is 2.29. The standard InChI is InChI=1S/2C16H36N.2C2HF3O2/c2*1-5-9-13-17(14-10-6-2,15-11-7-3)16-12-8-4;2*3-2(4,5)1(6)7/h2*5-16H2,1-4H3;2*(H,6,7)/q2*+1;;/p-2. The number of carbonyl (C=O) groups excluding carboxylic acids is 2. The number of aliphatic carboxylic acids is 2. The predicted octanol–water partition coefficient (Wildman–Crippen LogP) is 8.60. The maximum atomic E-state index is 10.5. The summed E-state index contributed by atoms with van der Waals surface area (Å²) in [5.41, 5.74) is 0. The van der Waals surface area contributed by atoms with Gasteiger partial charge in [0, 0.05) is 0 Å². The molecule has 0 aliphatic rings. The second-order valence-corrected chi connectivity index (χ2v) is 12.9. The molecule has 0 saturated heterocycles. The Morgan fingerprint density at radius 1 is 0.375 bits per heavy atom. The van der Waals surface area contributed by atoms with Crippen LogP contribution in [0.1, 0.15) is 158 Å². The van der Waals surface area contributed by atoms with E-state index in [1.54, 1.807) is 0 Å². The molecular formula is C36H72F6N2O4. The molecule has 0 aromatic heterocycles. The fourth-order valence-electron chi connectivity index (χ4n) is 5.29. The third-order valence-corrected chi connectivity index (χ3v) is 8.35. The van der Waals surface area contributed by atoms with Crippen molar-refractivity contribution in [3.63, 3.8) is 0 Å². The van der Waals surface area contributed by atoms with Crippen LogP contribution in [-0.2, 0) is 9.59 Å². The van der Waals surface area contributed by atoms with E-state index in [4.69, 9.17) is 19.8 Å². The molecule has 0 amide bonds. The second kappa shape index (κ2) is 32.6. The van der Waals surface area contributed by atoms with Crippen molar-refractivity contribution in [2.75, 3.05) is 52.4 Å². The SMILES string of the molecule is CCCC[N+](CCCC)(CCCC)CCCC.CCCC[N+](CCCC)(CCCC)CCCC.O=C([O-])C(F)(F)F.O=C([O-])C(F)(F)F. The van der Waals surface area contributed by atoms with Crippen LogP contribution in [0.2, 0.25) is 0 Å². The Balaban J connectivity index is -0.000000291. The summed E-state index contributed by atoms with van der Waals surface area (Å²) >= 11 is 0. The zero-order chi connectivity index (χ0) is 38.1. The Hall–Kier alpha value is -1.56. The van der Waals surface area contributed by atoms with Crippen molar-refractivity contribution in [2.45, 2.75) is 170 Å². The molecule has 0 fully saturated rings. The maximum absolute atomic E-state index is 10.5. The van der Waals surface area contributed by atoms with Gasteiger partial charge in [-0.25, -0.2) is 0 Å². The van der Waals surface area contributed by atoms with Crippen LogP contribution in [0.4, 0.5) is 26.3 Å². The zero-order valence-electron chi connectivity index (χ0n) is 31.8. The van der Waals surface area contributed by atoms with Gasteiger partial charge in [-0.05, 0) is 51.4 Å². The minimum Gasteiger partial charge on any atom is -0.542 e. The van der Waals surface area contributed by atoms with Crippen LogP contribution in [0, 0.1) is 0 Å². The van der Waals surface area contributed by atoms with E-state index in [1.165, 1.54) is 164 Å². The molecule has 0 bridgehead atoms. The first-order valence-corrected chi connectivity index (χ1v) is 18.6. The van der Waals surface area contributed by atoms with Gasteiger partial charge in [-0.2, -0.15) is 26.3 Å². The smallest absolute Gasteiger partial charge is 0.430 e. The lowest BCUT2D eigenvalue weighted by molar-refractivity contribution is -0.929. The Kier molecular flexibility index (Phi) is 36.2. The molecule has 48 heavy (non-hydrogen) atoms. The summed E-state index contributed by atoms with van der Waals surface area (Å²) in [6, 6.07) is 0. The highest BCUT2D eigenvalue weighted by atomic mass is 19.4. The number of carbonyl (C=O) groups is 2. The van der Waals surface area contributed by atoms with Crippen LogP contribution in [0.15, 0.2) is 0 Å². The minimum absolute atomic E-state index is 1.35. The maximum Gasteiger partial charge on any atom is 0.430 e. The van der Waals surface area contributed by atoms with Crippen LogP contribution < -0.4 is 10.2 Å². The van der Waals surface area contributed by atoms with Crippen LogP contribution in [0.25, 0.3) is 0 Å². The lowest BCUT2D eigenvalue weighted by Gasteiger charge is -2.39. The molecule has 0 aromatic rings. The normalized spacial score (nSPS) is 11.8. The van der Waals surface area contributed by atoms with E-state index >= 15 is 0 Å². The molecule has 6 nitrogen and oxygen atoms in total. The molecule has 0 aliphatic carbocycles. The molecular weight excluding hydrogens is 638 g/mol. The van der Waals surface area contributed by atoms with Crippen LogP contribution in [0.3, 0.4) is 0 Å². The molecule has 292 valence electrons. The van der Waals surface area contributed by atoms with Crippen molar-refractivity contribution in [2.24, 2.45) is 0 Å². The highest BCUT2D eigenvalue weighted by molar-refractivity contribution is 5.71. The van der Waals surface area contributed by atoms with Crippen LogP contribution in [-0.4, -0.2) is 85.6 Å². The first-order valence-electron chi connectivity index (χ1n) is 18.6.